The van der Waals surface area contributed by atoms with Crippen LogP contribution in [0.5, 0.6) is 0 Å². The van der Waals surface area contributed by atoms with Crippen molar-refractivity contribution in [3.05, 3.63) is 51.9 Å². The molecule has 122 valence electrons. The monoisotopic (exact) mass is 548 g/mol. The van der Waals surface area contributed by atoms with Gasteiger partial charge in [0, 0.05) is 0 Å². The van der Waals surface area contributed by atoms with Gasteiger partial charge in [-0.15, -0.1) is 0 Å². The van der Waals surface area contributed by atoms with Crippen LogP contribution in [0, 0.1) is 3.57 Å². The fourth-order valence-electron chi connectivity index (χ4n) is 4.83. The van der Waals surface area contributed by atoms with Gasteiger partial charge in [-0.25, -0.2) is 0 Å². The Hall–Kier alpha value is -1.29. The van der Waals surface area contributed by atoms with Gasteiger partial charge < -0.3 is 0 Å². The van der Waals surface area contributed by atoms with Crippen LogP contribution in [-0.2, 0) is 0 Å². The Balaban J connectivity index is 1.65. The van der Waals surface area contributed by atoms with E-state index in [1.807, 2.05) is 18.5 Å². The fourth-order valence-corrected chi connectivity index (χ4v) is 20.4. The first-order valence-corrected chi connectivity index (χ1v) is 15.4. The summed E-state index contributed by atoms with van der Waals surface area (Å²) in [5.74, 6) is 0.836. The summed E-state index contributed by atoms with van der Waals surface area (Å²) in [6.45, 7) is 0. The first-order valence-electron chi connectivity index (χ1n) is 8.42. The standard InChI is InChI=1S/C11H10N4.C7H3IO.Sn/c1-2-7-12-10(6-1)11-14-13-8-15(11)9-4-3-5-9;8-7-3-1-2-6(4-7)5-9;/h1-3,6,8-9H,4-5H2;1,3-4H;. The molecular formula is C18H13IN4OSn. The number of hydrogen-bond donors (Lipinski definition) is 0. The second-order valence-corrected chi connectivity index (χ2v) is 19.6. The number of pyridine rings is 1. The average Bonchev–Trinajstić information content (AvgIpc) is 3.07. The van der Waals surface area contributed by atoms with E-state index in [2.05, 4.69) is 61.6 Å². The van der Waals surface area contributed by atoms with Crippen LogP contribution in [0.2, 0.25) is 3.93 Å². The van der Waals surface area contributed by atoms with Crippen LogP contribution in [0.15, 0.2) is 42.7 Å². The summed E-state index contributed by atoms with van der Waals surface area (Å²) in [4.78, 5) is 18.4. The number of halogens is 1. The molecule has 5 heterocycles. The Kier molecular flexibility index (Phi) is 2.91. The second kappa shape index (κ2) is 4.91. The van der Waals surface area contributed by atoms with Gasteiger partial charge in [0.1, 0.15) is 0 Å². The van der Waals surface area contributed by atoms with Crippen molar-refractivity contribution in [2.75, 3.05) is 0 Å². The summed E-state index contributed by atoms with van der Waals surface area (Å²) < 4.78 is 6.65. The van der Waals surface area contributed by atoms with E-state index in [1.54, 1.807) is 0 Å². The van der Waals surface area contributed by atoms with E-state index in [9.17, 15) is 4.79 Å². The summed E-state index contributed by atoms with van der Waals surface area (Å²) in [5, 5.41) is 8.40. The average molecular weight is 547 g/mol. The van der Waals surface area contributed by atoms with Crippen molar-refractivity contribution in [3.63, 3.8) is 0 Å². The van der Waals surface area contributed by atoms with Crippen LogP contribution in [0.1, 0.15) is 29.2 Å². The number of benzene rings is 1. The molecule has 1 spiro atoms. The fraction of sp³-hybridized carbons (Fsp3) is 0.222. The number of carbonyl (C=O) groups excluding carboxylic acids is 1. The van der Waals surface area contributed by atoms with E-state index in [-0.39, 0.29) is 0 Å². The number of hydrogen-bond acceptors (Lipinski definition) is 4. The van der Waals surface area contributed by atoms with E-state index >= 15 is 0 Å². The number of aromatic nitrogens is 4. The van der Waals surface area contributed by atoms with Crippen LogP contribution in [-0.4, -0.2) is 41.9 Å². The number of rotatable bonds is 0. The van der Waals surface area contributed by atoms with Crippen molar-refractivity contribution in [2.45, 2.75) is 22.8 Å². The van der Waals surface area contributed by atoms with Gasteiger partial charge in [0.25, 0.3) is 0 Å². The Labute approximate surface area is 161 Å². The van der Waals surface area contributed by atoms with Crippen molar-refractivity contribution in [1.29, 1.82) is 0 Å². The molecule has 0 radical (unpaired) electrons. The molecular weight excluding hydrogens is 534 g/mol. The molecule has 3 aliphatic heterocycles. The molecule has 1 unspecified atom stereocenters. The molecule has 1 saturated carbocycles. The second-order valence-electron chi connectivity index (χ2n) is 7.12. The normalized spacial score (nSPS) is 28.1. The van der Waals surface area contributed by atoms with Gasteiger partial charge in [0.05, 0.1) is 0 Å². The van der Waals surface area contributed by atoms with E-state index in [0.717, 1.165) is 37.2 Å². The summed E-state index contributed by atoms with van der Waals surface area (Å²) >= 11 is -1.11. The zero-order valence-electron chi connectivity index (χ0n) is 13.2. The zero-order valence-corrected chi connectivity index (χ0v) is 18.2. The van der Waals surface area contributed by atoms with Crippen molar-refractivity contribution in [1.82, 2.24) is 19.7 Å². The predicted molar refractivity (Wildman–Crippen MR) is 104 cm³/mol. The Morgan fingerprint density at radius 1 is 1.20 bits per heavy atom. The van der Waals surface area contributed by atoms with E-state index in [1.165, 1.54) is 3.58 Å². The van der Waals surface area contributed by atoms with Crippen LogP contribution >= 0.6 is 22.6 Å². The van der Waals surface area contributed by atoms with E-state index in [4.69, 9.17) is 4.98 Å². The number of carbonyl (C=O) groups is 1. The van der Waals surface area contributed by atoms with Crippen LogP contribution in [0.4, 0.5) is 0 Å². The van der Waals surface area contributed by atoms with Crippen LogP contribution in [0.3, 0.4) is 0 Å². The quantitative estimate of drug-likeness (QED) is 0.320. The summed E-state index contributed by atoms with van der Waals surface area (Å²) in [6, 6.07) is 12.9. The topological polar surface area (TPSA) is 60.7 Å². The zero-order chi connectivity index (χ0) is 16.8. The maximum atomic E-state index is 13.4. The third-order valence-electron chi connectivity index (χ3n) is 6.08. The molecule has 1 fully saturated rings. The molecule has 5 nitrogen and oxygen atoms in total. The van der Waals surface area contributed by atoms with Gasteiger partial charge in [0.15, 0.2) is 0 Å². The molecule has 4 aliphatic rings. The van der Waals surface area contributed by atoms with E-state index in [0.29, 0.717) is 13.8 Å². The molecule has 1 aromatic carbocycles. The van der Waals surface area contributed by atoms with Gasteiger partial charge in [-0.2, -0.15) is 0 Å². The molecule has 3 aromatic rings. The van der Waals surface area contributed by atoms with Crippen LogP contribution in [0.25, 0.3) is 11.5 Å². The van der Waals surface area contributed by atoms with E-state index < -0.39 is 18.4 Å². The molecule has 0 amide bonds. The van der Waals surface area contributed by atoms with Gasteiger partial charge in [0.2, 0.25) is 0 Å². The molecule has 2 aromatic heterocycles. The van der Waals surface area contributed by atoms with Gasteiger partial charge in [-0.3, -0.25) is 0 Å². The van der Waals surface area contributed by atoms with Crippen molar-refractivity contribution in [2.24, 2.45) is 0 Å². The molecule has 1 aliphatic carbocycles. The minimum atomic E-state index is -3.40. The number of fused-ring (bicyclic) bond motifs is 1. The molecule has 1 atom stereocenters. The van der Waals surface area contributed by atoms with Gasteiger partial charge in [-0.1, -0.05) is 0 Å². The molecule has 0 N–H and O–H groups in total. The molecule has 0 saturated heterocycles. The third-order valence-corrected chi connectivity index (χ3v) is 21.2. The molecule has 4 bridgehead atoms. The summed E-state index contributed by atoms with van der Waals surface area (Å²) in [5.41, 5.74) is 1.81. The minimum absolute atomic E-state index is 0.403. The van der Waals surface area contributed by atoms with Gasteiger partial charge >= 0.3 is 163 Å². The first kappa shape index (κ1) is 14.8. The Morgan fingerprint density at radius 2 is 2.08 bits per heavy atom. The van der Waals surface area contributed by atoms with Crippen molar-refractivity contribution < 1.29 is 4.79 Å². The summed E-state index contributed by atoms with van der Waals surface area (Å²) in [7, 11) is 0. The maximum absolute atomic E-state index is 13.4. The van der Waals surface area contributed by atoms with Crippen molar-refractivity contribution in [3.8, 4) is 11.5 Å². The Bertz CT molecular complexity index is 1070. The van der Waals surface area contributed by atoms with Crippen LogP contribution < -0.4 is 7.29 Å². The van der Waals surface area contributed by atoms with Crippen molar-refractivity contribution >= 4 is 52.1 Å². The molecule has 25 heavy (non-hydrogen) atoms. The Morgan fingerprint density at radius 3 is 2.96 bits per heavy atom. The number of nitrogens with zero attached hydrogens (tertiary/aromatic N) is 4. The molecule has 7 rings (SSSR count). The van der Waals surface area contributed by atoms with Gasteiger partial charge in [-0.05, 0) is 0 Å². The SMILES string of the molecule is O=[C]1c2cc(I)cc[c]2[Sn]12[c]1cccc(n1)-c1nncn1C1C[CH]2C1. The summed E-state index contributed by atoms with van der Waals surface area (Å²) in [6.07, 6.45) is 3.92. The predicted octanol–water partition coefficient (Wildman–Crippen LogP) is 1.96. The molecule has 7 heteroatoms. The third kappa shape index (κ3) is 1.70. The first-order chi connectivity index (χ1) is 12.2.